The van der Waals surface area contributed by atoms with Gasteiger partial charge >= 0.3 is 0 Å². The molecule has 0 aromatic heterocycles. The molecule has 0 aliphatic carbocycles. The minimum atomic E-state index is -0.326. The summed E-state index contributed by atoms with van der Waals surface area (Å²) in [6.07, 6.45) is 2.41. The summed E-state index contributed by atoms with van der Waals surface area (Å²) in [6.45, 7) is 4.95. The van der Waals surface area contributed by atoms with E-state index in [2.05, 4.69) is 24.4 Å². The molecule has 4 nitrogen and oxygen atoms in total. The highest BCUT2D eigenvalue weighted by Crippen LogP contribution is 2.22. The molecule has 0 heterocycles. The Labute approximate surface area is 157 Å². The van der Waals surface area contributed by atoms with Gasteiger partial charge in [-0.2, -0.15) is 5.10 Å². The Morgan fingerprint density at radius 2 is 1.80 bits per heavy atom. The van der Waals surface area contributed by atoms with Crippen LogP contribution in [0.2, 0.25) is 10.0 Å². The number of carbonyl (C=O) groups excluding carboxylic acids is 1. The highest BCUT2D eigenvalue weighted by molar-refractivity contribution is 6.38. The largest absolute Gasteiger partial charge is 0.494 e. The molecule has 0 radical (unpaired) electrons. The molecule has 0 aliphatic heterocycles. The third-order valence-corrected chi connectivity index (χ3v) is 4.10. The fourth-order valence-corrected chi connectivity index (χ4v) is 2.46. The fourth-order valence-electron chi connectivity index (χ4n) is 1.97. The summed E-state index contributed by atoms with van der Waals surface area (Å²) < 4.78 is 5.63. The number of hydrogen-bond donors (Lipinski definition) is 1. The lowest BCUT2D eigenvalue weighted by Crippen LogP contribution is -2.17. The number of nitrogens with one attached hydrogen (secondary N) is 1. The maximum Gasteiger partial charge on any atom is 0.271 e. The summed E-state index contributed by atoms with van der Waals surface area (Å²) in [6, 6.07) is 12.1. The average molecular weight is 379 g/mol. The van der Waals surface area contributed by atoms with Crippen molar-refractivity contribution in [3.05, 3.63) is 63.6 Å². The number of rotatable bonds is 7. The Bertz CT molecular complexity index is 723. The monoisotopic (exact) mass is 378 g/mol. The van der Waals surface area contributed by atoms with Crippen molar-refractivity contribution in [2.75, 3.05) is 6.61 Å². The molecule has 2 aromatic rings. The van der Waals surface area contributed by atoms with Gasteiger partial charge in [0.2, 0.25) is 0 Å². The topological polar surface area (TPSA) is 50.7 Å². The van der Waals surface area contributed by atoms with Gasteiger partial charge in [0.1, 0.15) is 5.75 Å². The van der Waals surface area contributed by atoms with Crippen LogP contribution in [0.4, 0.5) is 0 Å². The molecule has 6 heteroatoms. The van der Waals surface area contributed by atoms with Crippen molar-refractivity contribution in [2.45, 2.75) is 20.3 Å². The van der Waals surface area contributed by atoms with Gasteiger partial charge in [-0.15, -0.1) is 0 Å². The standard InChI is InChI=1S/C19H20Cl2N2O2/c1-13(2)10-11-25-15-8-6-14(7-9-15)19(24)23-22-12-16-17(20)4-3-5-18(16)21/h3-9,12-13H,10-11H2,1-2H3,(H,23,24)/b22-12+. The zero-order valence-electron chi connectivity index (χ0n) is 14.1. The second kappa shape index (κ2) is 9.44. The number of hydrogen-bond acceptors (Lipinski definition) is 3. The van der Waals surface area contributed by atoms with Crippen LogP contribution in [-0.2, 0) is 0 Å². The highest BCUT2D eigenvalue weighted by atomic mass is 35.5. The number of benzene rings is 2. The van der Waals surface area contributed by atoms with E-state index in [4.69, 9.17) is 27.9 Å². The lowest BCUT2D eigenvalue weighted by molar-refractivity contribution is 0.0955. The molecule has 0 fully saturated rings. The molecule has 2 rings (SSSR count). The van der Waals surface area contributed by atoms with Crippen LogP contribution in [0.15, 0.2) is 47.6 Å². The molecule has 0 atom stereocenters. The Morgan fingerprint density at radius 1 is 1.16 bits per heavy atom. The lowest BCUT2D eigenvalue weighted by atomic mass is 10.1. The van der Waals surface area contributed by atoms with Gasteiger partial charge < -0.3 is 4.74 Å². The number of nitrogens with zero attached hydrogens (tertiary/aromatic N) is 1. The van der Waals surface area contributed by atoms with Crippen molar-refractivity contribution in [1.29, 1.82) is 0 Å². The molecule has 0 aliphatic rings. The van der Waals surface area contributed by atoms with E-state index in [1.54, 1.807) is 42.5 Å². The van der Waals surface area contributed by atoms with Gasteiger partial charge in [-0.1, -0.05) is 43.1 Å². The second-order valence-corrected chi connectivity index (χ2v) is 6.70. The molecule has 132 valence electrons. The van der Waals surface area contributed by atoms with E-state index >= 15 is 0 Å². The van der Waals surface area contributed by atoms with E-state index in [1.807, 2.05) is 0 Å². The van der Waals surface area contributed by atoms with Crippen LogP contribution in [-0.4, -0.2) is 18.7 Å². The minimum Gasteiger partial charge on any atom is -0.494 e. The summed E-state index contributed by atoms with van der Waals surface area (Å²) in [4.78, 5) is 12.1. The van der Waals surface area contributed by atoms with Gasteiger partial charge in [0, 0.05) is 11.1 Å². The Hall–Kier alpha value is -2.04. The number of hydrazone groups is 1. The zero-order chi connectivity index (χ0) is 18.2. The number of carbonyl (C=O) groups is 1. The Balaban J connectivity index is 1.91. The van der Waals surface area contributed by atoms with Gasteiger partial charge in [-0.25, -0.2) is 5.43 Å². The summed E-state index contributed by atoms with van der Waals surface area (Å²) in [5.41, 5.74) is 3.49. The lowest BCUT2D eigenvalue weighted by Gasteiger charge is -2.08. The number of halogens is 2. The molecule has 0 unspecified atom stereocenters. The third kappa shape index (κ3) is 6.07. The first-order valence-electron chi connectivity index (χ1n) is 7.97. The van der Waals surface area contributed by atoms with E-state index in [9.17, 15) is 4.79 Å². The van der Waals surface area contributed by atoms with E-state index in [-0.39, 0.29) is 5.91 Å². The molecule has 0 saturated carbocycles. The van der Waals surface area contributed by atoms with E-state index in [0.717, 1.165) is 12.2 Å². The predicted molar refractivity (Wildman–Crippen MR) is 103 cm³/mol. The first-order chi connectivity index (χ1) is 12.0. The zero-order valence-corrected chi connectivity index (χ0v) is 15.6. The van der Waals surface area contributed by atoms with Gasteiger partial charge in [0.25, 0.3) is 5.91 Å². The summed E-state index contributed by atoms with van der Waals surface area (Å²) in [5.74, 6) is 1.01. The maximum atomic E-state index is 12.1. The first kappa shape index (κ1) is 19.3. The van der Waals surface area contributed by atoms with Gasteiger partial charge in [-0.05, 0) is 48.7 Å². The molecule has 1 N–H and O–H groups in total. The van der Waals surface area contributed by atoms with Gasteiger partial charge in [-0.3, -0.25) is 4.79 Å². The van der Waals surface area contributed by atoms with E-state index in [1.165, 1.54) is 6.21 Å². The van der Waals surface area contributed by atoms with Crippen molar-refractivity contribution in [3.63, 3.8) is 0 Å². The maximum absolute atomic E-state index is 12.1. The van der Waals surface area contributed by atoms with E-state index < -0.39 is 0 Å². The number of amides is 1. The molecule has 1 amide bonds. The number of ether oxygens (including phenoxy) is 1. The van der Waals surface area contributed by atoms with Crippen molar-refractivity contribution in [1.82, 2.24) is 5.43 Å². The SMILES string of the molecule is CC(C)CCOc1ccc(C(=O)N/N=C/c2c(Cl)cccc2Cl)cc1. The quantitative estimate of drug-likeness (QED) is 0.532. The van der Waals surface area contributed by atoms with Crippen molar-refractivity contribution < 1.29 is 9.53 Å². The second-order valence-electron chi connectivity index (χ2n) is 5.89. The summed E-state index contributed by atoms with van der Waals surface area (Å²) in [7, 11) is 0. The van der Waals surface area contributed by atoms with Crippen molar-refractivity contribution >= 4 is 35.3 Å². The molecular formula is C19H20Cl2N2O2. The van der Waals surface area contributed by atoms with Crippen molar-refractivity contribution in [3.8, 4) is 5.75 Å². The third-order valence-electron chi connectivity index (χ3n) is 3.44. The van der Waals surface area contributed by atoms with Crippen LogP contribution in [0.3, 0.4) is 0 Å². The van der Waals surface area contributed by atoms with E-state index in [0.29, 0.717) is 33.7 Å². The van der Waals surface area contributed by atoms with Crippen LogP contribution in [0, 0.1) is 5.92 Å². The Morgan fingerprint density at radius 3 is 2.40 bits per heavy atom. The molecule has 0 spiro atoms. The summed E-state index contributed by atoms with van der Waals surface area (Å²) in [5, 5.41) is 4.84. The molecule has 25 heavy (non-hydrogen) atoms. The van der Waals surface area contributed by atoms with Crippen LogP contribution < -0.4 is 10.2 Å². The Kier molecular flexibility index (Phi) is 7.29. The molecule has 0 bridgehead atoms. The van der Waals surface area contributed by atoms with Gasteiger partial charge in [0.15, 0.2) is 0 Å². The van der Waals surface area contributed by atoms with Crippen LogP contribution in [0.1, 0.15) is 36.2 Å². The predicted octanol–water partition coefficient (Wildman–Crippen LogP) is 5.18. The van der Waals surface area contributed by atoms with Crippen LogP contribution in [0.25, 0.3) is 0 Å². The smallest absolute Gasteiger partial charge is 0.271 e. The van der Waals surface area contributed by atoms with Crippen molar-refractivity contribution in [2.24, 2.45) is 11.0 Å². The van der Waals surface area contributed by atoms with Crippen LogP contribution in [0.5, 0.6) is 5.75 Å². The average Bonchev–Trinajstić information content (AvgIpc) is 2.57. The summed E-state index contributed by atoms with van der Waals surface area (Å²) >= 11 is 12.1. The van der Waals surface area contributed by atoms with Crippen LogP contribution >= 0.6 is 23.2 Å². The highest BCUT2D eigenvalue weighted by Gasteiger charge is 2.06. The molecule has 2 aromatic carbocycles. The normalized spacial score (nSPS) is 11.1. The molecule has 0 saturated heterocycles. The molecular weight excluding hydrogens is 359 g/mol. The minimum absolute atomic E-state index is 0.326. The first-order valence-corrected chi connectivity index (χ1v) is 8.73. The van der Waals surface area contributed by atoms with Gasteiger partial charge in [0.05, 0.1) is 22.9 Å². The fraction of sp³-hybridized carbons (Fsp3) is 0.263.